The summed E-state index contributed by atoms with van der Waals surface area (Å²) in [4.78, 5) is 7.17. The monoisotopic (exact) mass is 360 g/mol. The lowest BCUT2D eigenvalue weighted by Gasteiger charge is -2.34. The van der Waals surface area contributed by atoms with Crippen LogP contribution in [0.25, 0.3) is 0 Å². The molecule has 1 aliphatic rings. The van der Waals surface area contributed by atoms with E-state index in [1.165, 1.54) is 11.3 Å². The molecule has 2 aromatic rings. The van der Waals surface area contributed by atoms with E-state index in [0.29, 0.717) is 5.56 Å². The molecule has 0 amide bonds. The lowest BCUT2D eigenvalue weighted by Crippen LogP contribution is -2.44. The maximum atomic E-state index is 9.10. The highest BCUT2D eigenvalue weighted by atomic mass is 15.2. The van der Waals surface area contributed by atoms with Crippen LogP contribution in [0.4, 0.5) is 5.69 Å². The van der Waals surface area contributed by atoms with Crippen LogP contribution < -0.4 is 4.90 Å². The predicted molar refractivity (Wildman–Crippen MR) is 112 cm³/mol. The summed E-state index contributed by atoms with van der Waals surface area (Å²) in [5, 5.41) is 9.10. The van der Waals surface area contributed by atoms with Gasteiger partial charge in [-0.05, 0) is 42.4 Å². The lowest BCUT2D eigenvalue weighted by molar-refractivity contribution is 0.286. The Bertz CT molecular complexity index is 783. The summed E-state index contributed by atoms with van der Waals surface area (Å²) in [6, 6.07) is 19.0. The van der Waals surface area contributed by atoms with Gasteiger partial charge in [0.25, 0.3) is 0 Å². The van der Waals surface area contributed by atoms with Crippen molar-refractivity contribution in [2.45, 2.75) is 13.1 Å². The van der Waals surface area contributed by atoms with Gasteiger partial charge < -0.3 is 9.80 Å². The number of anilines is 1. The van der Waals surface area contributed by atoms with Crippen molar-refractivity contribution in [2.24, 2.45) is 0 Å². The molecule has 4 heteroatoms. The van der Waals surface area contributed by atoms with Gasteiger partial charge in [0.05, 0.1) is 11.6 Å². The van der Waals surface area contributed by atoms with Crippen molar-refractivity contribution < 1.29 is 0 Å². The number of hydrogen-bond donors (Lipinski definition) is 0. The number of likely N-dealkylation sites (N-methyl/N-ethyl adjacent to an activating group) is 1. The first kappa shape index (κ1) is 19.2. The van der Waals surface area contributed by atoms with Crippen LogP contribution in [0.5, 0.6) is 0 Å². The van der Waals surface area contributed by atoms with Crippen molar-refractivity contribution >= 4 is 5.69 Å². The van der Waals surface area contributed by atoms with E-state index in [-0.39, 0.29) is 0 Å². The van der Waals surface area contributed by atoms with Gasteiger partial charge >= 0.3 is 0 Å². The molecule has 0 saturated carbocycles. The highest BCUT2D eigenvalue weighted by molar-refractivity contribution is 5.48. The number of benzene rings is 2. The molecule has 140 valence electrons. The number of hydrogen-bond acceptors (Lipinski definition) is 4. The topological polar surface area (TPSA) is 33.5 Å². The average molecular weight is 361 g/mol. The Hall–Kier alpha value is -2.61. The second-order valence-corrected chi connectivity index (χ2v) is 7.23. The minimum absolute atomic E-state index is 0.711. The molecule has 1 heterocycles. The molecule has 0 aliphatic carbocycles. The zero-order chi connectivity index (χ0) is 19.1. The number of nitriles is 1. The maximum absolute atomic E-state index is 9.10. The summed E-state index contributed by atoms with van der Waals surface area (Å²) < 4.78 is 0. The van der Waals surface area contributed by atoms with Crippen LogP contribution in [-0.4, -0.2) is 49.6 Å². The molecule has 1 saturated heterocycles. The van der Waals surface area contributed by atoms with Crippen LogP contribution in [0.1, 0.15) is 16.7 Å². The SMILES string of the molecule is C=CCN(Cc1ccc(N2CCN(C)CC2)cc1)Cc1cccc(C#N)c1. The molecule has 0 atom stereocenters. The van der Waals surface area contributed by atoms with E-state index in [2.05, 4.69) is 64.7 Å². The van der Waals surface area contributed by atoms with Crippen LogP contribution >= 0.6 is 0 Å². The Morgan fingerprint density at radius 1 is 1.04 bits per heavy atom. The van der Waals surface area contributed by atoms with Gasteiger partial charge in [-0.1, -0.05) is 30.3 Å². The van der Waals surface area contributed by atoms with Crippen molar-refractivity contribution in [1.82, 2.24) is 9.80 Å². The van der Waals surface area contributed by atoms with E-state index in [1.54, 1.807) is 0 Å². The first-order valence-electron chi connectivity index (χ1n) is 9.52. The molecule has 0 N–H and O–H groups in total. The third kappa shape index (κ3) is 5.43. The summed E-state index contributed by atoms with van der Waals surface area (Å²) in [5.74, 6) is 0. The van der Waals surface area contributed by atoms with Crippen LogP contribution in [0.3, 0.4) is 0 Å². The molecule has 1 fully saturated rings. The minimum atomic E-state index is 0.711. The Balaban J connectivity index is 1.63. The van der Waals surface area contributed by atoms with E-state index in [0.717, 1.165) is 51.4 Å². The van der Waals surface area contributed by atoms with E-state index in [1.807, 2.05) is 24.3 Å². The van der Waals surface area contributed by atoms with Crippen molar-refractivity contribution in [3.8, 4) is 6.07 Å². The van der Waals surface area contributed by atoms with E-state index < -0.39 is 0 Å². The van der Waals surface area contributed by atoms with Gasteiger partial charge in [-0.3, -0.25) is 4.90 Å². The van der Waals surface area contributed by atoms with E-state index in [9.17, 15) is 0 Å². The Morgan fingerprint density at radius 2 is 1.74 bits per heavy atom. The number of rotatable bonds is 7. The van der Waals surface area contributed by atoms with E-state index >= 15 is 0 Å². The molecule has 0 aromatic heterocycles. The van der Waals surface area contributed by atoms with Gasteiger partial charge in [-0.2, -0.15) is 5.26 Å². The predicted octanol–water partition coefficient (Wildman–Crippen LogP) is 3.50. The molecule has 0 radical (unpaired) electrons. The average Bonchev–Trinajstić information content (AvgIpc) is 2.69. The first-order valence-corrected chi connectivity index (χ1v) is 9.52. The molecule has 2 aromatic carbocycles. The summed E-state index contributed by atoms with van der Waals surface area (Å²) in [6.07, 6.45) is 1.94. The first-order chi connectivity index (χ1) is 13.2. The second kappa shape index (κ2) is 9.36. The van der Waals surface area contributed by atoms with Crippen molar-refractivity contribution in [2.75, 3.05) is 44.7 Å². The summed E-state index contributed by atoms with van der Waals surface area (Å²) in [7, 11) is 2.18. The standard InChI is InChI=1S/C23H28N4/c1-3-11-26(19-22-6-4-5-21(16-22)17-24)18-20-7-9-23(10-8-20)27-14-12-25(2)13-15-27/h3-10,16H,1,11-15,18-19H2,2H3. The molecular weight excluding hydrogens is 332 g/mol. The molecule has 0 bridgehead atoms. The zero-order valence-electron chi connectivity index (χ0n) is 16.1. The third-order valence-corrected chi connectivity index (χ3v) is 5.06. The summed E-state index contributed by atoms with van der Waals surface area (Å²) in [5.41, 5.74) is 4.47. The second-order valence-electron chi connectivity index (χ2n) is 7.23. The molecule has 4 nitrogen and oxygen atoms in total. The fraction of sp³-hybridized carbons (Fsp3) is 0.348. The fourth-order valence-electron chi connectivity index (χ4n) is 3.50. The Morgan fingerprint density at radius 3 is 2.41 bits per heavy atom. The van der Waals surface area contributed by atoms with Gasteiger partial charge in [0, 0.05) is 51.5 Å². The zero-order valence-corrected chi connectivity index (χ0v) is 16.1. The highest BCUT2D eigenvalue weighted by Crippen LogP contribution is 2.19. The number of nitrogens with zero attached hydrogens (tertiary/aromatic N) is 4. The van der Waals surface area contributed by atoms with Crippen LogP contribution in [0.15, 0.2) is 61.2 Å². The van der Waals surface area contributed by atoms with Gasteiger partial charge in [0.15, 0.2) is 0 Å². The summed E-state index contributed by atoms with van der Waals surface area (Å²) in [6.45, 7) is 10.8. The molecule has 1 aliphatic heterocycles. The smallest absolute Gasteiger partial charge is 0.0991 e. The lowest BCUT2D eigenvalue weighted by atomic mass is 10.1. The maximum Gasteiger partial charge on any atom is 0.0991 e. The van der Waals surface area contributed by atoms with Crippen molar-refractivity contribution in [3.05, 3.63) is 77.9 Å². The summed E-state index contributed by atoms with van der Waals surface area (Å²) >= 11 is 0. The third-order valence-electron chi connectivity index (χ3n) is 5.06. The van der Waals surface area contributed by atoms with Crippen molar-refractivity contribution in [3.63, 3.8) is 0 Å². The van der Waals surface area contributed by atoms with Gasteiger partial charge in [0.2, 0.25) is 0 Å². The van der Waals surface area contributed by atoms with Gasteiger partial charge in [-0.15, -0.1) is 6.58 Å². The Labute approximate surface area is 162 Å². The molecular formula is C23H28N4. The highest BCUT2D eigenvalue weighted by Gasteiger charge is 2.14. The molecule has 27 heavy (non-hydrogen) atoms. The van der Waals surface area contributed by atoms with Crippen LogP contribution in [0, 0.1) is 11.3 Å². The molecule has 0 spiro atoms. The number of piperazine rings is 1. The molecule has 3 rings (SSSR count). The van der Waals surface area contributed by atoms with Crippen LogP contribution in [0.2, 0.25) is 0 Å². The normalized spacial score (nSPS) is 14.9. The van der Waals surface area contributed by atoms with Gasteiger partial charge in [0.1, 0.15) is 0 Å². The molecule has 0 unspecified atom stereocenters. The largest absolute Gasteiger partial charge is 0.369 e. The van der Waals surface area contributed by atoms with Gasteiger partial charge in [-0.25, -0.2) is 0 Å². The van der Waals surface area contributed by atoms with Crippen LogP contribution in [-0.2, 0) is 13.1 Å². The quantitative estimate of drug-likeness (QED) is 0.708. The fourth-order valence-corrected chi connectivity index (χ4v) is 3.50. The minimum Gasteiger partial charge on any atom is -0.369 e. The van der Waals surface area contributed by atoms with Crippen molar-refractivity contribution in [1.29, 1.82) is 5.26 Å². The Kier molecular flexibility index (Phi) is 6.64. The van der Waals surface area contributed by atoms with E-state index in [4.69, 9.17) is 5.26 Å².